The molecule has 0 spiro atoms. The van der Waals surface area contributed by atoms with Gasteiger partial charge in [-0.15, -0.1) is 0 Å². The van der Waals surface area contributed by atoms with Crippen LogP contribution in [0.25, 0.3) is 5.65 Å². The Morgan fingerprint density at radius 3 is 2.85 bits per heavy atom. The van der Waals surface area contributed by atoms with Crippen LogP contribution in [0, 0.1) is 12.8 Å². The molecular formula is C20H29N3O3. The van der Waals surface area contributed by atoms with Gasteiger partial charge in [0.1, 0.15) is 12.4 Å². The van der Waals surface area contributed by atoms with Crippen LogP contribution in [-0.4, -0.2) is 42.7 Å². The van der Waals surface area contributed by atoms with E-state index in [0.29, 0.717) is 25.4 Å². The number of nitrogens with zero attached hydrogens (tertiary/aromatic N) is 3. The van der Waals surface area contributed by atoms with E-state index in [0.717, 1.165) is 29.5 Å². The minimum atomic E-state index is 0.146. The largest absolute Gasteiger partial charge is 0.487 e. The van der Waals surface area contributed by atoms with Crippen molar-refractivity contribution in [2.75, 3.05) is 32.3 Å². The third-order valence-electron chi connectivity index (χ3n) is 5.23. The second-order valence-corrected chi connectivity index (χ2v) is 7.07. The number of imidazole rings is 1. The summed E-state index contributed by atoms with van der Waals surface area (Å²) < 4.78 is 12.7. The molecule has 142 valence electrons. The van der Waals surface area contributed by atoms with Gasteiger partial charge < -0.3 is 9.47 Å². The molecule has 26 heavy (non-hydrogen) atoms. The number of fused-ring (bicyclic) bond motifs is 1. The molecule has 1 aliphatic carbocycles. The summed E-state index contributed by atoms with van der Waals surface area (Å²) in [6.45, 7) is 2.92. The molecule has 1 fully saturated rings. The van der Waals surface area contributed by atoms with Crippen molar-refractivity contribution in [1.82, 2.24) is 9.38 Å². The van der Waals surface area contributed by atoms with E-state index in [1.54, 1.807) is 12.0 Å². The quantitative estimate of drug-likeness (QED) is 0.676. The average Bonchev–Trinajstić information content (AvgIpc) is 3.26. The third kappa shape index (κ3) is 4.01. The van der Waals surface area contributed by atoms with Crippen LogP contribution in [-0.2, 0) is 9.53 Å². The summed E-state index contributed by atoms with van der Waals surface area (Å²) in [5.74, 6) is 2.38. The fourth-order valence-electron chi connectivity index (χ4n) is 3.81. The number of ether oxygens (including phenoxy) is 2. The van der Waals surface area contributed by atoms with Crippen molar-refractivity contribution in [2.24, 2.45) is 5.92 Å². The van der Waals surface area contributed by atoms with Crippen LogP contribution in [0.4, 0.5) is 5.82 Å². The van der Waals surface area contributed by atoms with Crippen molar-refractivity contribution >= 4 is 17.4 Å². The zero-order valence-electron chi connectivity index (χ0n) is 16.0. The Hall–Kier alpha value is -2.08. The van der Waals surface area contributed by atoms with E-state index in [2.05, 4.69) is 4.98 Å². The number of carbonyl (C=O) groups is 1. The van der Waals surface area contributed by atoms with Gasteiger partial charge in [-0.3, -0.25) is 14.1 Å². The standard InChI is InChI=1S/C20H29N3O3/c1-15-20(22(2)18(24)11-10-16-7-4-5-8-16)23-12-6-9-17(19(23)21-15)26-14-13-25-3/h6,9,12,16H,4-5,7-8,10-11,13-14H2,1-3H3. The highest BCUT2D eigenvalue weighted by Gasteiger charge is 2.22. The maximum absolute atomic E-state index is 12.7. The van der Waals surface area contributed by atoms with E-state index < -0.39 is 0 Å². The molecule has 2 aromatic heterocycles. The zero-order valence-corrected chi connectivity index (χ0v) is 16.0. The number of pyridine rings is 1. The first kappa shape index (κ1) is 18.7. The Morgan fingerprint density at radius 1 is 1.35 bits per heavy atom. The maximum Gasteiger partial charge on any atom is 0.227 e. The molecule has 1 aliphatic rings. The minimum Gasteiger partial charge on any atom is -0.487 e. The summed E-state index contributed by atoms with van der Waals surface area (Å²) in [6.07, 6.45) is 8.68. The number of hydrogen-bond donors (Lipinski definition) is 0. The average molecular weight is 359 g/mol. The molecule has 0 unspecified atom stereocenters. The summed E-state index contributed by atoms with van der Waals surface area (Å²) >= 11 is 0. The van der Waals surface area contributed by atoms with Crippen LogP contribution in [0.15, 0.2) is 18.3 Å². The van der Waals surface area contributed by atoms with Crippen molar-refractivity contribution in [3.63, 3.8) is 0 Å². The summed E-state index contributed by atoms with van der Waals surface area (Å²) in [4.78, 5) is 19.1. The normalized spacial score (nSPS) is 14.9. The second-order valence-electron chi connectivity index (χ2n) is 7.07. The number of amides is 1. The Morgan fingerprint density at radius 2 is 2.12 bits per heavy atom. The third-order valence-corrected chi connectivity index (χ3v) is 5.23. The van der Waals surface area contributed by atoms with Gasteiger partial charge >= 0.3 is 0 Å². The first-order chi connectivity index (χ1) is 12.6. The van der Waals surface area contributed by atoms with Crippen LogP contribution in [0.3, 0.4) is 0 Å². The molecule has 2 aromatic rings. The molecule has 0 aliphatic heterocycles. The Labute approximate surface area is 155 Å². The highest BCUT2D eigenvalue weighted by molar-refractivity contribution is 5.93. The molecule has 6 heteroatoms. The topological polar surface area (TPSA) is 56.1 Å². The summed E-state index contributed by atoms with van der Waals surface area (Å²) in [6, 6.07) is 3.81. The van der Waals surface area contributed by atoms with Crippen LogP contribution < -0.4 is 9.64 Å². The van der Waals surface area contributed by atoms with Gasteiger partial charge in [0, 0.05) is 26.8 Å². The van der Waals surface area contributed by atoms with E-state index in [1.165, 1.54) is 25.7 Å². The van der Waals surface area contributed by atoms with Gasteiger partial charge in [0.15, 0.2) is 11.4 Å². The summed E-state index contributed by atoms with van der Waals surface area (Å²) in [7, 11) is 3.49. The molecule has 6 nitrogen and oxygen atoms in total. The molecule has 0 radical (unpaired) electrons. The molecule has 0 N–H and O–H groups in total. The SMILES string of the molecule is COCCOc1cccn2c(N(C)C(=O)CCC3CCCC3)c(C)nc12. The molecule has 1 amide bonds. The number of methoxy groups -OCH3 is 1. The van der Waals surface area contributed by atoms with Gasteiger partial charge in [0.05, 0.1) is 12.3 Å². The second kappa shape index (κ2) is 8.54. The molecular weight excluding hydrogens is 330 g/mol. The number of aromatic nitrogens is 2. The van der Waals surface area contributed by atoms with Crippen LogP contribution in [0.1, 0.15) is 44.2 Å². The predicted octanol–water partition coefficient (Wildman–Crippen LogP) is 3.60. The highest BCUT2D eigenvalue weighted by Crippen LogP contribution is 2.30. The smallest absolute Gasteiger partial charge is 0.227 e. The molecule has 2 heterocycles. The monoisotopic (exact) mass is 359 g/mol. The molecule has 0 aromatic carbocycles. The zero-order chi connectivity index (χ0) is 18.5. The van der Waals surface area contributed by atoms with Gasteiger partial charge in [-0.2, -0.15) is 0 Å². The molecule has 0 bridgehead atoms. The van der Waals surface area contributed by atoms with Crippen molar-refractivity contribution in [3.8, 4) is 5.75 Å². The summed E-state index contributed by atoms with van der Waals surface area (Å²) in [5, 5.41) is 0. The van der Waals surface area contributed by atoms with Crippen LogP contribution in [0.5, 0.6) is 5.75 Å². The van der Waals surface area contributed by atoms with E-state index >= 15 is 0 Å². The number of anilines is 1. The molecule has 0 saturated heterocycles. The van der Waals surface area contributed by atoms with Gasteiger partial charge in [0.2, 0.25) is 5.91 Å². The Kier molecular flexibility index (Phi) is 6.14. The van der Waals surface area contributed by atoms with E-state index in [1.807, 2.05) is 36.7 Å². The predicted molar refractivity (Wildman–Crippen MR) is 102 cm³/mol. The minimum absolute atomic E-state index is 0.146. The van der Waals surface area contributed by atoms with Gasteiger partial charge in [0.25, 0.3) is 0 Å². The van der Waals surface area contributed by atoms with E-state index in [-0.39, 0.29) is 5.91 Å². The fraction of sp³-hybridized carbons (Fsp3) is 0.600. The summed E-state index contributed by atoms with van der Waals surface area (Å²) in [5.41, 5.74) is 1.55. The Balaban J connectivity index is 1.76. The van der Waals surface area contributed by atoms with Crippen LogP contribution >= 0.6 is 0 Å². The van der Waals surface area contributed by atoms with Crippen LogP contribution in [0.2, 0.25) is 0 Å². The lowest BCUT2D eigenvalue weighted by atomic mass is 10.0. The van der Waals surface area contributed by atoms with Gasteiger partial charge in [-0.1, -0.05) is 25.7 Å². The van der Waals surface area contributed by atoms with Crippen molar-refractivity contribution in [3.05, 3.63) is 24.0 Å². The first-order valence-corrected chi connectivity index (χ1v) is 9.47. The lowest BCUT2D eigenvalue weighted by Gasteiger charge is -2.19. The van der Waals surface area contributed by atoms with Crippen molar-refractivity contribution < 1.29 is 14.3 Å². The lowest BCUT2D eigenvalue weighted by molar-refractivity contribution is -0.118. The maximum atomic E-state index is 12.7. The van der Waals surface area contributed by atoms with E-state index in [9.17, 15) is 4.79 Å². The molecule has 0 atom stereocenters. The Bertz CT molecular complexity index is 750. The molecule has 1 saturated carbocycles. The van der Waals surface area contributed by atoms with Gasteiger partial charge in [-0.05, 0) is 31.4 Å². The number of aryl methyl sites for hydroxylation is 1. The number of hydrogen-bond acceptors (Lipinski definition) is 4. The first-order valence-electron chi connectivity index (χ1n) is 9.47. The van der Waals surface area contributed by atoms with Crippen molar-refractivity contribution in [2.45, 2.75) is 45.4 Å². The number of carbonyl (C=O) groups excluding carboxylic acids is 1. The van der Waals surface area contributed by atoms with Crippen molar-refractivity contribution in [1.29, 1.82) is 0 Å². The highest BCUT2D eigenvalue weighted by atomic mass is 16.5. The molecule has 3 rings (SSSR count). The fourth-order valence-corrected chi connectivity index (χ4v) is 3.81. The van der Waals surface area contributed by atoms with Gasteiger partial charge in [-0.25, -0.2) is 4.98 Å². The number of rotatable bonds is 8. The lowest BCUT2D eigenvalue weighted by Crippen LogP contribution is -2.28. The van der Waals surface area contributed by atoms with E-state index in [4.69, 9.17) is 9.47 Å².